The van der Waals surface area contributed by atoms with Gasteiger partial charge in [-0.3, -0.25) is 9.59 Å². The molecule has 1 aliphatic rings. The molecular weight excluding hydrogens is 224 g/mol. The number of hydrogen-bond acceptors (Lipinski definition) is 2. The summed E-state index contributed by atoms with van der Waals surface area (Å²) in [5.74, 6) is -0.882. The number of ketones is 2. The van der Waals surface area contributed by atoms with E-state index in [0.29, 0.717) is 11.1 Å². The minimum Gasteiger partial charge on any atom is -0.285 e. The molecule has 0 aromatic heterocycles. The highest BCUT2D eigenvalue weighted by Gasteiger charge is 2.20. The molecular formula is C16H18O2. The van der Waals surface area contributed by atoms with Crippen molar-refractivity contribution in [1.82, 2.24) is 0 Å². The molecule has 0 heterocycles. The highest BCUT2D eigenvalue weighted by molar-refractivity contribution is 6.49. The first-order valence-corrected chi connectivity index (χ1v) is 6.06. The van der Waals surface area contributed by atoms with Gasteiger partial charge in [-0.2, -0.15) is 0 Å². The molecule has 0 aromatic carbocycles. The highest BCUT2D eigenvalue weighted by atomic mass is 16.2. The molecule has 0 saturated heterocycles. The van der Waals surface area contributed by atoms with Gasteiger partial charge in [0.15, 0.2) is 0 Å². The maximum absolute atomic E-state index is 12.1. The summed E-state index contributed by atoms with van der Waals surface area (Å²) in [6, 6.07) is 0. The maximum Gasteiger partial charge on any atom is 0.233 e. The van der Waals surface area contributed by atoms with Gasteiger partial charge in [-0.25, -0.2) is 0 Å². The topological polar surface area (TPSA) is 34.1 Å². The standard InChI is InChI=1S/C16H18O2/c1-4-5-6-11-14-12(2)9-7-8-10-13(3)15(17)16(14)18/h5-11H,4H2,1-3H3/b6-5-,8-7-,12-9?,13-10+,14-11?. The van der Waals surface area contributed by atoms with Crippen molar-refractivity contribution in [3.63, 3.8) is 0 Å². The van der Waals surface area contributed by atoms with Crippen LogP contribution in [0.3, 0.4) is 0 Å². The van der Waals surface area contributed by atoms with Gasteiger partial charge in [-0.15, -0.1) is 0 Å². The van der Waals surface area contributed by atoms with Crippen LogP contribution in [0.1, 0.15) is 27.2 Å². The average Bonchev–Trinajstić information content (AvgIpc) is 2.40. The van der Waals surface area contributed by atoms with Crippen LogP contribution in [-0.4, -0.2) is 11.6 Å². The zero-order valence-corrected chi connectivity index (χ0v) is 11.1. The smallest absolute Gasteiger partial charge is 0.233 e. The van der Waals surface area contributed by atoms with E-state index in [2.05, 4.69) is 0 Å². The predicted octanol–water partition coefficient (Wildman–Crippen LogP) is 3.48. The number of Topliss-reactive ketones (excluding diaryl/α,β-unsaturated/α-hetero) is 2. The Labute approximate surface area is 108 Å². The summed E-state index contributed by atoms with van der Waals surface area (Å²) in [7, 11) is 0. The predicted molar refractivity (Wildman–Crippen MR) is 74.2 cm³/mol. The fourth-order valence-electron chi connectivity index (χ4n) is 1.55. The third-order valence-corrected chi connectivity index (χ3v) is 2.67. The van der Waals surface area contributed by atoms with Crippen molar-refractivity contribution in [3.8, 4) is 0 Å². The lowest BCUT2D eigenvalue weighted by Gasteiger charge is -2.04. The van der Waals surface area contributed by atoms with Crippen molar-refractivity contribution in [2.24, 2.45) is 0 Å². The molecule has 0 N–H and O–H groups in total. The summed E-state index contributed by atoms with van der Waals surface area (Å²) in [6.07, 6.45) is 13.5. The van der Waals surface area contributed by atoms with Gasteiger partial charge in [-0.05, 0) is 25.8 Å². The van der Waals surface area contributed by atoms with Gasteiger partial charge in [0.05, 0.1) is 0 Å². The Balaban J connectivity index is 3.24. The highest BCUT2D eigenvalue weighted by Crippen LogP contribution is 2.15. The summed E-state index contributed by atoms with van der Waals surface area (Å²) >= 11 is 0. The molecule has 0 spiro atoms. The van der Waals surface area contributed by atoms with Crippen molar-refractivity contribution >= 4 is 11.6 Å². The zero-order valence-electron chi connectivity index (χ0n) is 11.1. The second-order valence-electron chi connectivity index (χ2n) is 4.16. The fraction of sp³-hybridized carbons (Fsp3) is 0.250. The minimum atomic E-state index is -0.443. The molecule has 1 aliphatic carbocycles. The van der Waals surface area contributed by atoms with Crippen LogP contribution in [0.4, 0.5) is 0 Å². The van der Waals surface area contributed by atoms with Crippen LogP contribution >= 0.6 is 0 Å². The summed E-state index contributed by atoms with van der Waals surface area (Å²) in [6.45, 7) is 5.51. The van der Waals surface area contributed by atoms with Crippen molar-refractivity contribution in [2.75, 3.05) is 0 Å². The Hall–Kier alpha value is -1.96. The molecule has 2 nitrogen and oxygen atoms in total. The van der Waals surface area contributed by atoms with Gasteiger partial charge in [0.25, 0.3) is 0 Å². The summed E-state index contributed by atoms with van der Waals surface area (Å²) in [5.41, 5.74) is 1.72. The monoisotopic (exact) mass is 242 g/mol. The summed E-state index contributed by atoms with van der Waals surface area (Å²) < 4.78 is 0. The van der Waals surface area contributed by atoms with Crippen molar-refractivity contribution < 1.29 is 9.59 Å². The SMILES string of the molecule is CC/C=C\C=C1C(=O)C(=O)/C(C)=C/C=C\C=C1C. The molecule has 0 aliphatic heterocycles. The molecule has 0 aromatic rings. The van der Waals surface area contributed by atoms with Gasteiger partial charge >= 0.3 is 0 Å². The van der Waals surface area contributed by atoms with Crippen LogP contribution in [-0.2, 0) is 9.59 Å². The number of carbonyl (C=O) groups excluding carboxylic acids is 2. The lowest BCUT2D eigenvalue weighted by molar-refractivity contribution is -0.131. The van der Waals surface area contributed by atoms with Crippen LogP contribution < -0.4 is 0 Å². The van der Waals surface area contributed by atoms with E-state index in [0.717, 1.165) is 12.0 Å². The normalized spacial score (nSPS) is 24.3. The van der Waals surface area contributed by atoms with E-state index in [-0.39, 0.29) is 0 Å². The molecule has 0 saturated carbocycles. The Bertz CT molecular complexity index is 497. The quantitative estimate of drug-likeness (QED) is 0.548. The van der Waals surface area contributed by atoms with Crippen molar-refractivity contribution in [2.45, 2.75) is 27.2 Å². The minimum absolute atomic E-state index is 0.439. The average molecular weight is 242 g/mol. The first kappa shape index (κ1) is 14.1. The largest absolute Gasteiger partial charge is 0.285 e. The first-order chi connectivity index (χ1) is 8.57. The number of rotatable bonds is 2. The van der Waals surface area contributed by atoms with Gasteiger partial charge < -0.3 is 0 Å². The number of allylic oxidation sites excluding steroid dienone is 10. The van der Waals surface area contributed by atoms with E-state index in [1.807, 2.05) is 38.2 Å². The van der Waals surface area contributed by atoms with Crippen LogP contribution in [0, 0.1) is 0 Å². The second kappa shape index (κ2) is 6.70. The van der Waals surface area contributed by atoms with Gasteiger partial charge in [0, 0.05) is 11.1 Å². The van der Waals surface area contributed by atoms with Crippen molar-refractivity contribution in [3.05, 3.63) is 59.3 Å². The molecule has 0 radical (unpaired) electrons. The van der Waals surface area contributed by atoms with Crippen LogP contribution in [0.5, 0.6) is 0 Å². The molecule has 0 amide bonds. The Morgan fingerprint density at radius 2 is 1.61 bits per heavy atom. The first-order valence-electron chi connectivity index (χ1n) is 6.06. The molecule has 0 fully saturated rings. The summed E-state index contributed by atoms with van der Waals surface area (Å²) in [4.78, 5) is 24.0. The Morgan fingerprint density at radius 3 is 2.22 bits per heavy atom. The molecule has 0 bridgehead atoms. The van der Waals surface area contributed by atoms with E-state index >= 15 is 0 Å². The van der Waals surface area contributed by atoms with E-state index in [9.17, 15) is 9.59 Å². The third-order valence-electron chi connectivity index (χ3n) is 2.67. The lowest BCUT2D eigenvalue weighted by Crippen LogP contribution is -2.17. The van der Waals surface area contributed by atoms with Crippen LogP contribution in [0.15, 0.2) is 59.3 Å². The van der Waals surface area contributed by atoms with E-state index in [4.69, 9.17) is 0 Å². The van der Waals surface area contributed by atoms with E-state index < -0.39 is 11.6 Å². The maximum atomic E-state index is 12.1. The molecule has 0 atom stereocenters. The van der Waals surface area contributed by atoms with Gasteiger partial charge in [0.2, 0.25) is 11.6 Å². The molecule has 1 rings (SSSR count). The van der Waals surface area contributed by atoms with E-state index in [1.54, 1.807) is 25.2 Å². The molecule has 94 valence electrons. The third kappa shape index (κ3) is 3.52. The number of hydrogen-bond donors (Lipinski definition) is 0. The van der Waals surface area contributed by atoms with Gasteiger partial charge in [0.1, 0.15) is 0 Å². The van der Waals surface area contributed by atoms with Gasteiger partial charge in [-0.1, -0.05) is 49.5 Å². The van der Waals surface area contributed by atoms with Crippen LogP contribution in [0.2, 0.25) is 0 Å². The van der Waals surface area contributed by atoms with Crippen molar-refractivity contribution in [1.29, 1.82) is 0 Å². The molecule has 0 unspecified atom stereocenters. The van der Waals surface area contributed by atoms with E-state index in [1.165, 1.54) is 0 Å². The fourth-order valence-corrected chi connectivity index (χ4v) is 1.55. The van der Waals surface area contributed by atoms with Crippen LogP contribution in [0.25, 0.3) is 0 Å². The second-order valence-corrected chi connectivity index (χ2v) is 4.16. The Morgan fingerprint density at radius 1 is 1.00 bits per heavy atom. The zero-order chi connectivity index (χ0) is 13.5. The number of carbonyl (C=O) groups is 2. The lowest BCUT2D eigenvalue weighted by atomic mass is 9.97. The molecule has 2 heteroatoms. The molecule has 18 heavy (non-hydrogen) atoms. The summed E-state index contributed by atoms with van der Waals surface area (Å²) in [5, 5.41) is 0. The Kier molecular flexibility index (Phi) is 5.25.